The number of phenolic OH excluding ortho intramolecular Hbond substituents is 1. The summed E-state index contributed by atoms with van der Waals surface area (Å²) in [5, 5.41) is 19.6. The summed E-state index contributed by atoms with van der Waals surface area (Å²) in [6.45, 7) is 5.96. The summed E-state index contributed by atoms with van der Waals surface area (Å²) in [6.07, 6.45) is 4.23. The lowest BCUT2D eigenvalue weighted by Gasteiger charge is -1.96. The van der Waals surface area contributed by atoms with Crippen LogP contribution in [0.5, 0.6) is 5.75 Å². The van der Waals surface area contributed by atoms with Crippen molar-refractivity contribution >= 4 is 17.0 Å². The molecule has 0 bridgehead atoms. The average molecular weight is 248 g/mol. The number of aliphatic hydroxyl groups excluding tert-OH is 1. The van der Waals surface area contributed by atoms with Gasteiger partial charge in [-0.2, -0.15) is 0 Å². The standard InChI is InChI=1S/C13H14O3.C2H6/c1-2-4-12-9(7-8-14)10-5-3-6-11(15)13(10)16-12;1-2/h2-6,14-15H,7-8H2,1H3;1-2H3/b4-2+;. The Labute approximate surface area is 107 Å². The average Bonchev–Trinajstić information content (AvgIpc) is 2.73. The monoisotopic (exact) mass is 248 g/mol. The Morgan fingerprint density at radius 1 is 1.28 bits per heavy atom. The largest absolute Gasteiger partial charge is 0.504 e. The Balaban J connectivity index is 0.000000771. The van der Waals surface area contributed by atoms with Crippen LogP contribution in [0, 0.1) is 0 Å². The second-order valence-corrected chi connectivity index (χ2v) is 3.57. The highest BCUT2D eigenvalue weighted by atomic mass is 16.4. The molecule has 1 aromatic heterocycles. The zero-order valence-corrected chi connectivity index (χ0v) is 11.1. The van der Waals surface area contributed by atoms with Gasteiger partial charge in [0.25, 0.3) is 0 Å². The molecular weight excluding hydrogens is 228 g/mol. The second-order valence-electron chi connectivity index (χ2n) is 3.57. The number of phenols is 1. The fraction of sp³-hybridized carbons (Fsp3) is 0.333. The van der Waals surface area contributed by atoms with E-state index in [1.54, 1.807) is 12.1 Å². The normalized spacial score (nSPS) is 10.7. The van der Waals surface area contributed by atoms with E-state index in [1.807, 2.05) is 39.0 Å². The fourth-order valence-corrected chi connectivity index (χ4v) is 1.83. The number of benzene rings is 1. The van der Waals surface area contributed by atoms with Crippen molar-refractivity contribution in [1.82, 2.24) is 0 Å². The van der Waals surface area contributed by atoms with E-state index in [2.05, 4.69) is 0 Å². The van der Waals surface area contributed by atoms with Crippen molar-refractivity contribution in [2.24, 2.45) is 0 Å². The first kappa shape index (κ1) is 14.3. The maximum Gasteiger partial charge on any atom is 0.176 e. The topological polar surface area (TPSA) is 53.6 Å². The van der Waals surface area contributed by atoms with Gasteiger partial charge in [0.05, 0.1) is 0 Å². The summed E-state index contributed by atoms with van der Waals surface area (Å²) in [6, 6.07) is 5.25. The molecule has 1 aromatic carbocycles. The van der Waals surface area contributed by atoms with Crippen LogP contribution in [-0.2, 0) is 6.42 Å². The van der Waals surface area contributed by atoms with Crippen molar-refractivity contribution < 1.29 is 14.6 Å². The van der Waals surface area contributed by atoms with E-state index in [1.165, 1.54) is 0 Å². The smallest absolute Gasteiger partial charge is 0.176 e. The number of hydrogen-bond acceptors (Lipinski definition) is 3. The minimum absolute atomic E-state index is 0.0643. The molecule has 0 aliphatic carbocycles. The van der Waals surface area contributed by atoms with E-state index in [4.69, 9.17) is 9.52 Å². The first-order chi connectivity index (χ1) is 8.77. The molecule has 3 heteroatoms. The van der Waals surface area contributed by atoms with Crippen molar-refractivity contribution in [1.29, 1.82) is 0 Å². The van der Waals surface area contributed by atoms with Crippen LogP contribution in [0.25, 0.3) is 17.0 Å². The molecular formula is C15H20O3. The van der Waals surface area contributed by atoms with Gasteiger partial charge >= 0.3 is 0 Å². The highest BCUT2D eigenvalue weighted by Crippen LogP contribution is 2.32. The molecule has 0 atom stereocenters. The highest BCUT2D eigenvalue weighted by molar-refractivity contribution is 5.88. The lowest BCUT2D eigenvalue weighted by atomic mass is 10.1. The van der Waals surface area contributed by atoms with Gasteiger partial charge in [-0.05, 0) is 25.5 Å². The van der Waals surface area contributed by atoms with Gasteiger partial charge in [-0.3, -0.25) is 0 Å². The lowest BCUT2D eigenvalue weighted by molar-refractivity contribution is 0.299. The van der Waals surface area contributed by atoms with E-state index >= 15 is 0 Å². The van der Waals surface area contributed by atoms with Crippen LogP contribution in [0.2, 0.25) is 0 Å². The van der Waals surface area contributed by atoms with Gasteiger partial charge in [-0.1, -0.05) is 32.1 Å². The van der Waals surface area contributed by atoms with Gasteiger partial charge in [0, 0.05) is 17.6 Å². The molecule has 0 aliphatic rings. The summed E-state index contributed by atoms with van der Waals surface area (Å²) in [5.41, 5.74) is 1.42. The minimum Gasteiger partial charge on any atom is -0.504 e. The summed E-state index contributed by atoms with van der Waals surface area (Å²) >= 11 is 0. The number of fused-ring (bicyclic) bond motifs is 1. The van der Waals surface area contributed by atoms with Gasteiger partial charge < -0.3 is 14.6 Å². The Hall–Kier alpha value is -1.74. The first-order valence-electron chi connectivity index (χ1n) is 6.25. The molecule has 1 heterocycles. The van der Waals surface area contributed by atoms with Gasteiger partial charge in [-0.15, -0.1) is 0 Å². The van der Waals surface area contributed by atoms with Gasteiger partial charge in [0.1, 0.15) is 5.76 Å². The van der Waals surface area contributed by atoms with Crippen LogP contribution in [-0.4, -0.2) is 16.8 Å². The number of rotatable bonds is 3. The van der Waals surface area contributed by atoms with E-state index in [9.17, 15) is 5.11 Å². The second kappa shape index (κ2) is 6.87. The first-order valence-corrected chi connectivity index (χ1v) is 6.25. The summed E-state index contributed by atoms with van der Waals surface area (Å²) in [4.78, 5) is 0. The van der Waals surface area contributed by atoms with Gasteiger partial charge in [0.2, 0.25) is 0 Å². The van der Waals surface area contributed by atoms with Crippen LogP contribution in [0.1, 0.15) is 32.1 Å². The quantitative estimate of drug-likeness (QED) is 0.870. The lowest BCUT2D eigenvalue weighted by Crippen LogP contribution is -1.90. The predicted octanol–water partition coefficient (Wildman–Crippen LogP) is 3.73. The SMILES string of the molecule is C/C=C/c1oc2c(O)cccc2c1CCO.CC. The molecule has 0 fully saturated rings. The molecule has 0 saturated heterocycles. The van der Waals surface area contributed by atoms with Gasteiger partial charge in [0.15, 0.2) is 11.3 Å². The summed E-state index contributed by atoms with van der Waals surface area (Å²) in [7, 11) is 0. The van der Waals surface area contributed by atoms with Crippen molar-refractivity contribution in [2.45, 2.75) is 27.2 Å². The Bertz CT molecular complexity index is 524. The van der Waals surface area contributed by atoms with Gasteiger partial charge in [-0.25, -0.2) is 0 Å². The zero-order chi connectivity index (χ0) is 13.5. The number of furan rings is 1. The van der Waals surface area contributed by atoms with E-state index < -0.39 is 0 Å². The minimum atomic E-state index is 0.0643. The third-order valence-corrected chi connectivity index (χ3v) is 2.51. The van der Waals surface area contributed by atoms with Crippen molar-refractivity contribution in [3.8, 4) is 5.75 Å². The fourth-order valence-electron chi connectivity index (χ4n) is 1.83. The number of hydrogen-bond donors (Lipinski definition) is 2. The number of para-hydroxylation sites is 1. The van der Waals surface area contributed by atoms with Crippen LogP contribution in [0.3, 0.4) is 0 Å². The molecule has 0 saturated carbocycles. The van der Waals surface area contributed by atoms with E-state index in [0.29, 0.717) is 17.8 Å². The molecule has 0 radical (unpaired) electrons. The third-order valence-electron chi connectivity index (χ3n) is 2.51. The highest BCUT2D eigenvalue weighted by Gasteiger charge is 2.13. The van der Waals surface area contributed by atoms with E-state index in [0.717, 1.165) is 10.9 Å². The predicted molar refractivity (Wildman–Crippen MR) is 74.7 cm³/mol. The van der Waals surface area contributed by atoms with Crippen molar-refractivity contribution in [3.63, 3.8) is 0 Å². The van der Waals surface area contributed by atoms with Crippen LogP contribution in [0.4, 0.5) is 0 Å². The Kier molecular flexibility index (Phi) is 5.46. The van der Waals surface area contributed by atoms with Crippen molar-refractivity contribution in [2.75, 3.05) is 6.61 Å². The van der Waals surface area contributed by atoms with Crippen LogP contribution >= 0.6 is 0 Å². The van der Waals surface area contributed by atoms with Crippen molar-refractivity contribution in [3.05, 3.63) is 35.6 Å². The maximum atomic E-state index is 9.67. The molecule has 0 amide bonds. The molecule has 2 aromatic rings. The molecule has 0 spiro atoms. The molecule has 2 N–H and O–H groups in total. The maximum absolute atomic E-state index is 9.67. The summed E-state index contributed by atoms with van der Waals surface area (Å²) in [5.74, 6) is 0.834. The zero-order valence-electron chi connectivity index (χ0n) is 11.1. The van der Waals surface area contributed by atoms with E-state index in [-0.39, 0.29) is 12.4 Å². The molecule has 98 valence electrons. The number of allylic oxidation sites excluding steroid dienone is 1. The third kappa shape index (κ3) is 2.74. The molecule has 2 rings (SSSR count). The number of aliphatic hydroxyl groups is 1. The Morgan fingerprint density at radius 3 is 2.61 bits per heavy atom. The molecule has 18 heavy (non-hydrogen) atoms. The van der Waals surface area contributed by atoms with Crippen LogP contribution in [0.15, 0.2) is 28.7 Å². The molecule has 3 nitrogen and oxygen atoms in total. The number of aromatic hydroxyl groups is 1. The molecule has 0 aliphatic heterocycles. The Morgan fingerprint density at radius 2 is 2.00 bits per heavy atom. The van der Waals surface area contributed by atoms with Crippen LogP contribution < -0.4 is 0 Å². The molecule has 0 unspecified atom stereocenters. The summed E-state index contributed by atoms with van der Waals surface area (Å²) < 4.78 is 5.58.